The SMILES string of the molecule is OCC(c1cnc(C#Cc2ccccc2)s1)C1CCCCC1. The van der Waals surface area contributed by atoms with Gasteiger partial charge in [0.1, 0.15) is 0 Å². The molecule has 1 fully saturated rings. The maximum atomic E-state index is 9.79. The fraction of sp³-hybridized carbons (Fsp3) is 0.421. The Hall–Kier alpha value is -1.63. The van der Waals surface area contributed by atoms with Crippen LogP contribution < -0.4 is 0 Å². The second-order valence-electron chi connectivity index (χ2n) is 5.87. The van der Waals surface area contributed by atoms with Gasteiger partial charge in [0.25, 0.3) is 0 Å². The zero-order valence-corrected chi connectivity index (χ0v) is 13.5. The molecule has 1 aliphatic rings. The minimum atomic E-state index is 0.221. The Morgan fingerprint density at radius 3 is 2.64 bits per heavy atom. The fourth-order valence-corrected chi connectivity index (χ4v) is 4.13. The van der Waals surface area contributed by atoms with Crippen LogP contribution in [0.4, 0.5) is 0 Å². The number of nitrogens with zero attached hydrogens (tertiary/aromatic N) is 1. The molecular formula is C19H21NOS. The smallest absolute Gasteiger partial charge is 0.167 e. The van der Waals surface area contributed by atoms with Crippen molar-refractivity contribution in [2.24, 2.45) is 5.92 Å². The van der Waals surface area contributed by atoms with Crippen molar-refractivity contribution in [3.63, 3.8) is 0 Å². The first kappa shape index (κ1) is 15.3. The number of benzene rings is 1. The second kappa shape index (κ2) is 7.58. The highest BCUT2D eigenvalue weighted by molar-refractivity contribution is 7.12. The van der Waals surface area contributed by atoms with Gasteiger partial charge in [-0.15, -0.1) is 11.3 Å². The summed E-state index contributed by atoms with van der Waals surface area (Å²) in [5.41, 5.74) is 1.00. The maximum Gasteiger partial charge on any atom is 0.167 e. The lowest BCUT2D eigenvalue weighted by molar-refractivity contribution is 0.198. The molecule has 3 heteroatoms. The Morgan fingerprint density at radius 1 is 1.14 bits per heavy atom. The molecule has 2 aromatic rings. The number of aromatic nitrogens is 1. The predicted molar refractivity (Wildman–Crippen MR) is 90.9 cm³/mol. The zero-order chi connectivity index (χ0) is 15.2. The van der Waals surface area contributed by atoms with E-state index >= 15 is 0 Å². The minimum absolute atomic E-state index is 0.221. The van der Waals surface area contributed by atoms with Crippen molar-refractivity contribution < 1.29 is 5.11 Å². The van der Waals surface area contributed by atoms with E-state index in [1.165, 1.54) is 37.0 Å². The number of aliphatic hydroxyl groups is 1. The predicted octanol–water partition coefficient (Wildman–Crippen LogP) is 4.20. The van der Waals surface area contributed by atoms with Crippen LogP contribution in [0.25, 0.3) is 0 Å². The third kappa shape index (κ3) is 3.76. The average Bonchev–Trinajstić information content (AvgIpc) is 3.04. The van der Waals surface area contributed by atoms with Crippen LogP contribution in [0.3, 0.4) is 0 Å². The summed E-state index contributed by atoms with van der Waals surface area (Å²) < 4.78 is 0. The Labute approximate surface area is 136 Å². The molecular weight excluding hydrogens is 290 g/mol. The normalized spacial score (nSPS) is 16.8. The largest absolute Gasteiger partial charge is 0.396 e. The van der Waals surface area contributed by atoms with E-state index in [0.717, 1.165) is 10.6 Å². The molecule has 1 N–H and O–H groups in total. The first-order valence-electron chi connectivity index (χ1n) is 8.00. The van der Waals surface area contributed by atoms with Crippen LogP contribution in [0.15, 0.2) is 36.5 Å². The topological polar surface area (TPSA) is 33.1 Å². The molecule has 1 aliphatic carbocycles. The Kier molecular flexibility index (Phi) is 5.26. The van der Waals surface area contributed by atoms with Gasteiger partial charge in [0.2, 0.25) is 0 Å². The van der Waals surface area contributed by atoms with Gasteiger partial charge < -0.3 is 5.11 Å². The number of hydrogen-bond acceptors (Lipinski definition) is 3. The van der Waals surface area contributed by atoms with Crippen LogP contribution in [0.2, 0.25) is 0 Å². The molecule has 0 saturated heterocycles. The Morgan fingerprint density at radius 2 is 1.91 bits per heavy atom. The van der Waals surface area contributed by atoms with Crippen molar-refractivity contribution >= 4 is 11.3 Å². The summed E-state index contributed by atoms with van der Waals surface area (Å²) in [6.07, 6.45) is 8.30. The highest BCUT2D eigenvalue weighted by Gasteiger charge is 2.26. The van der Waals surface area contributed by atoms with Crippen LogP contribution in [0.5, 0.6) is 0 Å². The number of aliphatic hydroxyl groups excluding tert-OH is 1. The Bertz CT molecular complexity index is 647. The van der Waals surface area contributed by atoms with E-state index in [0.29, 0.717) is 5.92 Å². The molecule has 0 radical (unpaired) electrons. The molecule has 1 unspecified atom stereocenters. The van der Waals surface area contributed by atoms with Gasteiger partial charge in [-0.2, -0.15) is 0 Å². The van der Waals surface area contributed by atoms with Crippen LogP contribution in [-0.4, -0.2) is 16.7 Å². The standard InChI is InChI=1S/C19H21NOS/c21-14-17(16-9-5-2-6-10-16)18-13-20-19(22-18)12-11-15-7-3-1-4-8-15/h1,3-4,7-8,13,16-17,21H,2,5-6,9-10,14H2. The molecule has 2 nitrogen and oxygen atoms in total. The third-order valence-corrected chi connectivity index (χ3v) is 5.44. The number of rotatable bonds is 3. The molecule has 1 saturated carbocycles. The molecule has 1 atom stereocenters. The lowest BCUT2D eigenvalue weighted by atomic mass is 9.80. The minimum Gasteiger partial charge on any atom is -0.396 e. The fourth-order valence-electron chi connectivity index (χ4n) is 3.17. The molecule has 0 aliphatic heterocycles. The monoisotopic (exact) mass is 311 g/mol. The lowest BCUT2D eigenvalue weighted by Crippen LogP contribution is -2.18. The van der Waals surface area contributed by atoms with Gasteiger partial charge in [-0.25, -0.2) is 4.98 Å². The molecule has 1 heterocycles. The van der Waals surface area contributed by atoms with Crippen molar-refractivity contribution in [3.05, 3.63) is 52.0 Å². The van der Waals surface area contributed by atoms with Gasteiger partial charge in [-0.1, -0.05) is 43.4 Å². The van der Waals surface area contributed by atoms with Crippen molar-refractivity contribution in [1.29, 1.82) is 0 Å². The van der Waals surface area contributed by atoms with Crippen molar-refractivity contribution in [2.45, 2.75) is 38.0 Å². The number of hydrogen-bond donors (Lipinski definition) is 1. The van der Waals surface area contributed by atoms with Gasteiger partial charge >= 0.3 is 0 Å². The average molecular weight is 311 g/mol. The van der Waals surface area contributed by atoms with Crippen molar-refractivity contribution in [2.75, 3.05) is 6.61 Å². The van der Waals surface area contributed by atoms with E-state index in [2.05, 4.69) is 16.8 Å². The first-order valence-corrected chi connectivity index (χ1v) is 8.82. The molecule has 0 amide bonds. The van der Waals surface area contributed by atoms with Crippen molar-refractivity contribution in [3.8, 4) is 11.8 Å². The van der Waals surface area contributed by atoms with E-state index in [9.17, 15) is 5.11 Å². The van der Waals surface area contributed by atoms with Gasteiger partial charge in [0.05, 0.1) is 6.61 Å². The van der Waals surface area contributed by atoms with Crippen molar-refractivity contribution in [1.82, 2.24) is 4.98 Å². The molecule has 3 rings (SSSR count). The summed E-state index contributed by atoms with van der Waals surface area (Å²) in [4.78, 5) is 5.62. The Balaban J connectivity index is 1.73. The van der Waals surface area contributed by atoms with Crippen LogP contribution in [0.1, 0.15) is 53.5 Å². The molecule has 114 valence electrons. The third-order valence-electron chi connectivity index (χ3n) is 4.39. The van der Waals surface area contributed by atoms with E-state index < -0.39 is 0 Å². The maximum absolute atomic E-state index is 9.79. The molecule has 0 spiro atoms. The molecule has 0 bridgehead atoms. The molecule has 1 aromatic carbocycles. The van der Waals surface area contributed by atoms with E-state index in [1.54, 1.807) is 11.3 Å². The van der Waals surface area contributed by atoms with E-state index in [4.69, 9.17) is 0 Å². The number of thiazole rings is 1. The van der Waals surface area contributed by atoms with Gasteiger partial charge in [0.15, 0.2) is 5.01 Å². The second-order valence-corrected chi connectivity index (χ2v) is 6.93. The van der Waals surface area contributed by atoms with Gasteiger partial charge in [0, 0.05) is 22.6 Å². The van der Waals surface area contributed by atoms with Crippen LogP contribution >= 0.6 is 11.3 Å². The summed E-state index contributed by atoms with van der Waals surface area (Å²) in [6.45, 7) is 0.221. The first-order chi connectivity index (χ1) is 10.9. The lowest BCUT2D eigenvalue weighted by Gasteiger charge is -2.27. The summed E-state index contributed by atoms with van der Waals surface area (Å²) in [7, 11) is 0. The molecule has 1 aromatic heterocycles. The molecule has 22 heavy (non-hydrogen) atoms. The van der Waals surface area contributed by atoms with Crippen LogP contribution in [-0.2, 0) is 0 Å². The van der Waals surface area contributed by atoms with Gasteiger partial charge in [-0.05, 0) is 36.8 Å². The quantitative estimate of drug-likeness (QED) is 0.862. The zero-order valence-electron chi connectivity index (χ0n) is 12.7. The summed E-state index contributed by atoms with van der Waals surface area (Å²) >= 11 is 1.63. The summed E-state index contributed by atoms with van der Waals surface area (Å²) in [5.74, 6) is 7.13. The summed E-state index contributed by atoms with van der Waals surface area (Å²) in [6, 6.07) is 9.97. The van der Waals surface area contributed by atoms with Gasteiger partial charge in [-0.3, -0.25) is 0 Å². The highest BCUT2D eigenvalue weighted by Crippen LogP contribution is 2.37. The highest BCUT2D eigenvalue weighted by atomic mass is 32.1. The van der Waals surface area contributed by atoms with E-state index in [1.807, 2.05) is 36.5 Å². The summed E-state index contributed by atoms with van der Waals surface area (Å²) in [5, 5.41) is 10.6. The van der Waals surface area contributed by atoms with Crippen LogP contribution in [0, 0.1) is 17.8 Å². The van der Waals surface area contributed by atoms with E-state index in [-0.39, 0.29) is 12.5 Å².